The molecule has 0 unspecified atom stereocenters. The highest BCUT2D eigenvalue weighted by atomic mass is 32.2. The van der Waals surface area contributed by atoms with E-state index in [1.165, 1.54) is 18.2 Å². The third kappa shape index (κ3) is 4.42. The maximum absolute atomic E-state index is 11.7. The van der Waals surface area contributed by atoms with Crippen molar-refractivity contribution >= 4 is 27.3 Å². The van der Waals surface area contributed by atoms with Crippen molar-refractivity contribution in [2.24, 2.45) is 0 Å². The molecule has 2 aromatic rings. The second-order valence-electron chi connectivity index (χ2n) is 5.05. The first-order chi connectivity index (χ1) is 11.2. The van der Waals surface area contributed by atoms with E-state index in [0.29, 0.717) is 12.1 Å². The molecule has 0 aliphatic carbocycles. The van der Waals surface area contributed by atoms with E-state index < -0.39 is 14.8 Å². The number of hydrogen-bond acceptors (Lipinski definition) is 7. The van der Waals surface area contributed by atoms with Gasteiger partial charge in [0.25, 0.3) is 11.2 Å². The largest absolute Gasteiger partial charge is 0.301 e. The summed E-state index contributed by atoms with van der Waals surface area (Å²) < 4.78 is 23.1. The zero-order valence-corrected chi connectivity index (χ0v) is 14.6. The third-order valence-electron chi connectivity index (χ3n) is 3.04. The molecule has 24 heavy (non-hydrogen) atoms. The maximum Gasteiger partial charge on any atom is 0.284 e. The molecule has 2 rings (SSSR count). The SMILES string of the molecule is CCCc1cc(=O)[nH]c(Sc2ccc(S(C)(=O)=O)cc2[N+](=O)[O-])n1. The summed E-state index contributed by atoms with van der Waals surface area (Å²) in [6.45, 7) is 1.95. The van der Waals surface area contributed by atoms with Crippen LogP contribution in [0.2, 0.25) is 0 Å². The Morgan fingerprint density at radius 1 is 1.33 bits per heavy atom. The summed E-state index contributed by atoms with van der Waals surface area (Å²) >= 11 is 0.913. The molecule has 128 valence electrons. The van der Waals surface area contributed by atoms with Crippen molar-refractivity contribution in [3.05, 3.63) is 50.4 Å². The van der Waals surface area contributed by atoms with E-state index in [4.69, 9.17) is 0 Å². The molecular formula is C14H15N3O5S2. The van der Waals surface area contributed by atoms with Gasteiger partial charge in [0.2, 0.25) is 0 Å². The number of rotatable bonds is 6. The molecule has 0 fully saturated rings. The minimum atomic E-state index is -3.56. The van der Waals surface area contributed by atoms with E-state index in [1.807, 2.05) is 6.92 Å². The summed E-state index contributed by atoms with van der Waals surface area (Å²) in [6, 6.07) is 5.02. The Kier molecular flexibility index (Phi) is 5.40. The normalized spacial score (nSPS) is 11.4. The molecule has 1 N–H and O–H groups in total. The van der Waals surface area contributed by atoms with E-state index in [1.54, 1.807) is 0 Å². The molecule has 0 atom stereocenters. The second-order valence-corrected chi connectivity index (χ2v) is 8.10. The summed E-state index contributed by atoms with van der Waals surface area (Å²) in [5.41, 5.74) is -0.100. The van der Waals surface area contributed by atoms with Crippen molar-refractivity contribution in [3.8, 4) is 0 Å². The number of nitrogens with zero attached hydrogens (tertiary/aromatic N) is 2. The molecule has 0 amide bonds. The molecule has 0 saturated carbocycles. The van der Waals surface area contributed by atoms with Gasteiger partial charge in [0.15, 0.2) is 15.0 Å². The first-order valence-corrected chi connectivity index (χ1v) is 9.68. The number of benzene rings is 1. The van der Waals surface area contributed by atoms with Gasteiger partial charge in [0.05, 0.1) is 14.7 Å². The smallest absolute Gasteiger partial charge is 0.284 e. The Hall–Kier alpha value is -2.20. The van der Waals surface area contributed by atoms with Crippen LogP contribution >= 0.6 is 11.8 Å². The summed E-state index contributed by atoms with van der Waals surface area (Å²) in [5, 5.41) is 11.5. The van der Waals surface area contributed by atoms with Crippen molar-refractivity contribution in [3.63, 3.8) is 0 Å². The van der Waals surface area contributed by atoms with Crippen LogP contribution in [0.15, 0.2) is 44.0 Å². The predicted octanol–water partition coefficient (Wildman–Crippen LogP) is 2.19. The van der Waals surface area contributed by atoms with Gasteiger partial charge >= 0.3 is 0 Å². The van der Waals surface area contributed by atoms with E-state index in [-0.39, 0.29) is 26.2 Å². The Morgan fingerprint density at radius 2 is 2.04 bits per heavy atom. The van der Waals surface area contributed by atoms with Gasteiger partial charge in [-0.05, 0) is 30.3 Å². The molecule has 1 heterocycles. The van der Waals surface area contributed by atoms with Crippen molar-refractivity contribution in [1.82, 2.24) is 9.97 Å². The third-order valence-corrected chi connectivity index (χ3v) is 5.10. The highest BCUT2D eigenvalue weighted by Crippen LogP contribution is 2.34. The van der Waals surface area contributed by atoms with Crippen molar-refractivity contribution in [2.45, 2.75) is 34.7 Å². The fourth-order valence-electron chi connectivity index (χ4n) is 1.98. The lowest BCUT2D eigenvalue weighted by Crippen LogP contribution is -2.10. The molecule has 0 radical (unpaired) electrons. The van der Waals surface area contributed by atoms with E-state index >= 15 is 0 Å². The van der Waals surface area contributed by atoms with Crippen molar-refractivity contribution < 1.29 is 13.3 Å². The number of nitro benzene ring substituents is 1. The number of nitrogens with one attached hydrogen (secondary N) is 1. The van der Waals surface area contributed by atoms with E-state index in [2.05, 4.69) is 9.97 Å². The van der Waals surface area contributed by atoms with Crippen LogP contribution in [0.4, 0.5) is 5.69 Å². The highest BCUT2D eigenvalue weighted by molar-refractivity contribution is 7.99. The van der Waals surface area contributed by atoms with Crippen molar-refractivity contribution in [1.29, 1.82) is 0 Å². The Bertz CT molecular complexity index is 938. The zero-order chi connectivity index (χ0) is 17.9. The van der Waals surface area contributed by atoms with E-state index in [9.17, 15) is 23.3 Å². The fraction of sp³-hybridized carbons (Fsp3) is 0.286. The van der Waals surface area contributed by atoms with Crippen LogP contribution in [0.5, 0.6) is 0 Å². The maximum atomic E-state index is 11.7. The number of aromatic amines is 1. The molecule has 0 aliphatic heterocycles. The standard InChI is InChI=1S/C14H15N3O5S2/c1-3-4-9-7-13(18)16-14(15-9)23-12-6-5-10(24(2,21)22)8-11(12)17(19)20/h5-8H,3-4H2,1-2H3,(H,15,16,18). The quantitative estimate of drug-likeness (QED) is 0.470. The minimum absolute atomic E-state index is 0.139. The van der Waals surface area contributed by atoms with Crippen LogP contribution in [0.1, 0.15) is 19.0 Å². The Morgan fingerprint density at radius 3 is 2.62 bits per heavy atom. The van der Waals surface area contributed by atoms with Gasteiger partial charge < -0.3 is 4.98 Å². The molecule has 0 aliphatic rings. The highest BCUT2D eigenvalue weighted by Gasteiger charge is 2.20. The number of aromatic nitrogens is 2. The van der Waals surface area contributed by atoms with Crippen LogP contribution in [0.25, 0.3) is 0 Å². The number of nitro groups is 1. The molecule has 0 spiro atoms. The van der Waals surface area contributed by atoms with Gasteiger partial charge in [-0.1, -0.05) is 13.3 Å². The van der Waals surface area contributed by atoms with Crippen molar-refractivity contribution in [2.75, 3.05) is 6.26 Å². The summed E-state index contributed by atoms with van der Waals surface area (Å²) in [7, 11) is -3.56. The predicted molar refractivity (Wildman–Crippen MR) is 89.2 cm³/mol. The van der Waals surface area contributed by atoms with Gasteiger partial charge in [0.1, 0.15) is 0 Å². The topological polar surface area (TPSA) is 123 Å². The van der Waals surface area contributed by atoms with Gasteiger partial charge in [-0.15, -0.1) is 0 Å². The second kappa shape index (κ2) is 7.14. The average Bonchev–Trinajstić information content (AvgIpc) is 2.46. The number of sulfone groups is 1. The summed E-state index contributed by atoms with van der Waals surface area (Å²) in [4.78, 5) is 29.1. The van der Waals surface area contributed by atoms with Crippen LogP contribution < -0.4 is 5.56 Å². The lowest BCUT2D eigenvalue weighted by atomic mass is 10.2. The lowest BCUT2D eigenvalue weighted by molar-refractivity contribution is -0.388. The fourth-order valence-corrected chi connectivity index (χ4v) is 3.51. The molecule has 0 saturated heterocycles. The van der Waals surface area contributed by atoms with Gasteiger partial charge in [-0.25, -0.2) is 13.4 Å². The Labute approximate surface area is 142 Å². The first-order valence-electron chi connectivity index (χ1n) is 6.97. The lowest BCUT2D eigenvalue weighted by Gasteiger charge is -2.06. The van der Waals surface area contributed by atoms with Crippen LogP contribution in [0, 0.1) is 10.1 Å². The molecule has 10 heteroatoms. The molecule has 0 bridgehead atoms. The van der Waals surface area contributed by atoms with Gasteiger partial charge in [-0.2, -0.15) is 0 Å². The summed E-state index contributed by atoms with van der Waals surface area (Å²) in [5.74, 6) is 0. The summed E-state index contributed by atoms with van der Waals surface area (Å²) in [6.07, 6.45) is 2.41. The number of hydrogen-bond donors (Lipinski definition) is 1. The molecule has 1 aromatic carbocycles. The van der Waals surface area contributed by atoms with Crippen LogP contribution in [0.3, 0.4) is 0 Å². The molecular weight excluding hydrogens is 354 g/mol. The van der Waals surface area contributed by atoms with E-state index in [0.717, 1.165) is 30.5 Å². The van der Waals surface area contributed by atoms with Crippen LogP contribution in [-0.4, -0.2) is 29.6 Å². The molecule has 8 nitrogen and oxygen atoms in total. The Balaban J connectivity index is 2.46. The van der Waals surface area contributed by atoms with Gasteiger partial charge in [-0.3, -0.25) is 14.9 Å². The number of H-pyrrole nitrogens is 1. The monoisotopic (exact) mass is 369 g/mol. The minimum Gasteiger partial charge on any atom is -0.301 e. The first kappa shape index (κ1) is 18.1. The zero-order valence-electron chi connectivity index (χ0n) is 13.0. The average molecular weight is 369 g/mol. The number of aryl methyl sites for hydroxylation is 1. The van der Waals surface area contributed by atoms with Crippen LogP contribution in [-0.2, 0) is 16.3 Å². The molecule has 1 aromatic heterocycles. The van der Waals surface area contributed by atoms with Gasteiger partial charge in [0, 0.05) is 24.1 Å².